The lowest BCUT2D eigenvalue weighted by Crippen LogP contribution is -2.39. The van der Waals surface area contributed by atoms with Crippen LogP contribution in [0.5, 0.6) is 0 Å². The first kappa shape index (κ1) is 14.8. The van der Waals surface area contributed by atoms with Gasteiger partial charge in [-0.1, -0.05) is 20.3 Å². The van der Waals surface area contributed by atoms with Gasteiger partial charge in [0.2, 0.25) is 0 Å². The predicted molar refractivity (Wildman–Crippen MR) is 85.9 cm³/mol. The van der Waals surface area contributed by atoms with E-state index in [1.54, 1.807) is 0 Å². The average molecular weight is 278 g/mol. The second kappa shape index (κ2) is 6.79. The molecular weight excluding hydrogens is 244 g/mol. The standard InChI is InChI=1S/C18H34N2/c1-15-6-10-19(11-7-15)14-17-13-18(12-16(17)2)20-8-4-3-5-9-20/h15-18H,3-14H2,1-2H3/t16-,17+,18?/m0/s1. The normalized spacial score (nSPS) is 38.4. The summed E-state index contributed by atoms with van der Waals surface area (Å²) in [7, 11) is 0. The molecular formula is C18H34N2. The summed E-state index contributed by atoms with van der Waals surface area (Å²) in [5, 5.41) is 0. The minimum Gasteiger partial charge on any atom is -0.303 e. The highest BCUT2D eigenvalue weighted by Gasteiger charge is 2.36. The Hall–Kier alpha value is -0.0800. The van der Waals surface area contributed by atoms with Crippen LogP contribution in [0.25, 0.3) is 0 Å². The van der Waals surface area contributed by atoms with Crippen molar-refractivity contribution in [3.05, 3.63) is 0 Å². The van der Waals surface area contributed by atoms with Crippen LogP contribution in [0.3, 0.4) is 0 Å². The summed E-state index contributed by atoms with van der Waals surface area (Å²) in [6, 6.07) is 0.916. The summed E-state index contributed by atoms with van der Waals surface area (Å²) in [4.78, 5) is 5.58. The van der Waals surface area contributed by atoms with Crippen molar-refractivity contribution in [2.45, 2.75) is 64.8 Å². The molecule has 1 unspecified atom stereocenters. The third-order valence-corrected chi connectivity index (χ3v) is 6.30. The van der Waals surface area contributed by atoms with Crippen LogP contribution < -0.4 is 0 Å². The molecule has 2 heteroatoms. The molecule has 1 saturated carbocycles. The first-order valence-electron chi connectivity index (χ1n) is 9.19. The molecule has 2 aliphatic heterocycles. The van der Waals surface area contributed by atoms with Crippen molar-refractivity contribution in [1.29, 1.82) is 0 Å². The number of nitrogens with zero attached hydrogens (tertiary/aromatic N) is 2. The largest absolute Gasteiger partial charge is 0.303 e. The third kappa shape index (κ3) is 3.57. The van der Waals surface area contributed by atoms with E-state index in [0.29, 0.717) is 0 Å². The maximum atomic E-state index is 2.82. The minimum absolute atomic E-state index is 0.916. The van der Waals surface area contributed by atoms with Crippen LogP contribution in [0, 0.1) is 17.8 Å². The molecule has 0 aromatic heterocycles. The Kier molecular flexibility index (Phi) is 5.04. The van der Waals surface area contributed by atoms with Crippen LogP contribution in [0.1, 0.15) is 58.8 Å². The molecule has 0 aromatic rings. The molecule has 0 radical (unpaired) electrons. The van der Waals surface area contributed by atoms with Gasteiger partial charge in [0.1, 0.15) is 0 Å². The molecule has 1 aliphatic carbocycles. The van der Waals surface area contributed by atoms with Gasteiger partial charge in [-0.2, -0.15) is 0 Å². The highest BCUT2D eigenvalue weighted by Crippen LogP contribution is 2.36. The molecule has 0 amide bonds. The van der Waals surface area contributed by atoms with Crippen molar-refractivity contribution in [2.24, 2.45) is 17.8 Å². The molecule has 2 saturated heterocycles. The molecule has 3 fully saturated rings. The molecule has 3 rings (SSSR count). The van der Waals surface area contributed by atoms with Crippen LogP contribution in [-0.2, 0) is 0 Å². The molecule has 2 heterocycles. The zero-order valence-corrected chi connectivity index (χ0v) is 13.7. The van der Waals surface area contributed by atoms with Crippen molar-refractivity contribution in [1.82, 2.24) is 9.80 Å². The maximum absolute atomic E-state index is 2.82. The molecule has 20 heavy (non-hydrogen) atoms. The fraction of sp³-hybridized carbons (Fsp3) is 1.00. The number of hydrogen-bond donors (Lipinski definition) is 0. The molecule has 0 N–H and O–H groups in total. The van der Waals surface area contributed by atoms with E-state index in [0.717, 1.165) is 23.8 Å². The molecule has 0 aromatic carbocycles. The Bertz CT molecular complexity index is 290. The summed E-state index contributed by atoms with van der Waals surface area (Å²) in [6.07, 6.45) is 10.2. The quantitative estimate of drug-likeness (QED) is 0.778. The summed E-state index contributed by atoms with van der Waals surface area (Å²) < 4.78 is 0. The number of likely N-dealkylation sites (tertiary alicyclic amines) is 2. The van der Waals surface area contributed by atoms with E-state index in [-0.39, 0.29) is 0 Å². The van der Waals surface area contributed by atoms with E-state index in [2.05, 4.69) is 23.6 Å². The summed E-state index contributed by atoms with van der Waals surface area (Å²) >= 11 is 0. The Morgan fingerprint density at radius 3 is 2.25 bits per heavy atom. The van der Waals surface area contributed by atoms with Gasteiger partial charge in [0.25, 0.3) is 0 Å². The number of hydrogen-bond acceptors (Lipinski definition) is 2. The maximum Gasteiger partial charge on any atom is 0.0101 e. The van der Waals surface area contributed by atoms with Gasteiger partial charge in [-0.3, -0.25) is 0 Å². The second-order valence-corrected chi connectivity index (χ2v) is 7.94. The van der Waals surface area contributed by atoms with Gasteiger partial charge in [-0.05, 0) is 82.5 Å². The molecule has 3 atom stereocenters. The van der Waals surface area contributed by atoms with Crippen LogP contribution in [-0.4, -0.2) is 48.6 Å². The van der Waals surface area contributed by atoms with Gasteiger partial charge in [-0.25, -0.2) is 0 Å². The lowest BCUT2D eigenvalue weighted by molar-refractivity contribution is 0.144. The first-order chi connectivity index (χ1) is 9.72. The Morgan fingerprint density at radius 1 is 0.850 bits per heavy atom. The number of piperidine rings is 2. The van der Waals surface area contributed by atoms with Crippen molar-refractivity contribution in [3.63, 3.8) is 0 Å². The minimum atomic E-state index is 0.916. The monoisotopic (exact) mass is 278 g/mol. The van der Waals surface area contributed by atoms with Gasteiger partial charge in [0.05, 0.1) is 0 Å². The van der Waals surface area contributed by atoms with E-state index in [1.165, 1.54) is 77.7 Å². The predicted octanol–water partition coefficient (Wildman–Crippen LogP) is 3.62. The summed E-state index contributed by atoms with van der Waals surface area (Å²) in [6.45, 7) is 11.8. The van der Waals surface area contributed by atoms with E-state index in [1.807, 2.05) is 0 Å². The lowest BCUT2D eigenvalue weighted by atomic mass is 9.94. The zero-order chi connectivity index (χ0) is 13.9. The van der Waals surface area contributed by atoms with Gasteiger partial charge >= 0.3 is 0 Å². The molecule has 2 nitrogen and oxygen atoms in total. The van der Waals surface area contributed by atoms with E-state index in [9.17, 15) is 0 Å². The molecule has 116 valence electrons. The highest BCUT2D eigenvalue weighted by molar-refractivity contribution is 4.90. The van der Waals surface area contributed by atoms with E-state index >= 15 is 0 Å². The van der Waals surface area contributed by atoms with Crippen LogP contribution >= 0.6 is 0 Å². The SMILES string of the molecule is CC1CCN(C[C@H]2CC(N3CCCCC3)C[C@@H]2C)CC1. The number of rotatable bonds is 3. The Balaban J connectivity index is 1.48. The van der Waals surface area contributed by atoms with Crippen LogP contribution in [0.4, 0.5) is 0 Å². The van der Waals surface area contributed by atoms with Crippen molar-refractivity contribution in [2.75, 3.05) is 32.7 Å². The van der Waals surface area contributed by atoms with Crippen LogP contribution in [0.15, 0.2) is 0 Å². The van der Waals surface area contributed by atoms with Crippen molar-refractivity contribution in [3.8, 4) is 0 Å². The average Bonchev–Trinajstić information content (AvgIpc) is 2.84. The van der Waals surface area contributed by atoms with Gasteiger partial charge in [-0.15, -0.1) is 0 Å². The van der Waals surface area contributed by atoms with Crippen molar-refractivity contribution < 1.29 is 0 Å². The lowest BCUT2D eigenvalue weighted by Gasteiger charge is -2.34. The summed E-state index contributed by atoms with van der Waals surface area (Å²) in [5.41, 5.74) is 0. The van der Waals surface area contributed by atoms with E-state index < -0.39 is 0 Å². The van der Waals surface area contributed by atoms with Crippen molar-refractivity contribution >= 4 is 0 Å². The van der Waals surface area contributed by atoms with Gasteiger partial charge < -0.3 is 9.80 Å². The highest BCUT2D eigenvalue weighted by atomic mass is 15.2. The second-order valence-electron chi connectivity index (χ2n) is 7.94. The van der Waals surface area contributed by atoms with Gasteiger partial charge in [0.15, 0.2) is 0 Å². The van der Waals surface area contributed by atoms with Crippen LogP contribution in [0.2, 0.25) is 0 Å². The molecule has 0 bridgehead atoms. The Morgan fingerprint density at radius 2 is 1.55 bits per heavy atom. The van der Waals surface area contributed by atoms with E-state index in [4.69, 9.17) is 0 Å². The summed E-state index contributed by atoms with van der Waals surface area (Å²) in [5.74, 6) is 2.88. The Labute approximate surface area is 125 Å². The molecule has 0 spiro atoms. The topological polar surface area (TPSA) is 6.48 Å². The fourth-order valence-corrected chi connectivity index (χ4v) is 4.71. The fourth-order valence-electron chi connectivity index (χ4n) is 4.71. The molecule has 3 aliphatic rings. The van der Waals surface area contributed by atoms with Gasteiger partial charge in [0, 0.05) is 12.6 Å². The zero-order valence-electron chi connectivity index (χ0n) is 13.7. The third-order valence-electron chi connectivity index (χ3n) is 6.30. The smallest absolute Gasteiger partial charge is 0.0101 e. The first-order valence-corrected chi connectivity index (χ1v) is 9.19.